The van der Waals surface area contributed by atoms with Crippen molar-refractivity contribution < 1.29 is 9.59 Å². The molecule has 26 heavy (non-hydrogen) atoms. The van der Waals surface area contributed by atoms with Gasteiger partial charge in [0.1, 0.15) is 0 Å². The maximum atomic E-state index is 13.3. The summed E-state index contributed by atoms with van der Waals surface area (Å²) in [6.07, 6.45) is 6.51. The van der Waals surface area contributed by atoms with E-state index in [-0.39, 0.29) is 12.1 Å². The normalized spacial score (nSPS) is 23.7. The fourth-order valence-electron chi connectivity index (χ4n) is 4.37. The van der Waals surface area contributed by atoms with Gasteiger partial charge in [-0.25, -0.2) is 4.79 Å². The summed E-state index contributed by atoms with van der Waals surface area (Å²) < 4.78 is 0. The van der Waals surface area contributed by atoms with E-state index < -0.39 is 0 Å². The molecule has 3 rings (SSSR count). The number of thioether (sulfide) groups is 1. The molecule has 1 atom stereocenters. The number of piperazine rings is 1. The van der Waals surface area contributed by atoms with Crippen molar-refractivity contribution in [3.8, 4) is 0 Å². The number of hydrogen-bond donors (Lipinski definition) is 1. The van der Waals surface area contributed by atoms with Gasteiger partial charge in [0.25, 0.3) is 0 Å². The third kappa shape index (κ3) is 4.74. The molecular formula is C19H32N4O2S. The van der Waals surface area contributed by atoms with Crippen LogP contribution in [0.2, 0.25) is 0 Å². The molecule has 3 amide bonds. The van der Waals surface area contributed by atoms with Gasteiger partial charge in [0.15, 0.2) is 0 Å². The smallest absolute Gasteiger partial charge is 0.317 e. The number of carbonyl (C=O) groups excluding carboxylic acids is 2. The summed E-state index contributed by atoms with van der Waals surface area (Å²) in [6.45, 7) is 8.86. The van der Waals surface area contributed by atoms with Crippen molar-refractivity contribution in [3.63, 3.8) is 0 Å². The van der Waals surface area contributed by atoms with Crippen molar-refractivity contribution in [2.45, 2.75) is 31.7 Å². The lowest BCUT2D eigenvalue weighted by Gasteiger charge is -2.42. The summed E-state index contributed by atoms with van der Waals surface area (Å²) >= 11 is 1.94. The average molecular weight is 381 g/mol. The SMILES string of the molecule is C=CCNC(=O)N1CCN([C@@H](C(=O)N2CCSCC2)C2CCCC2)CC1. The molecule has 3 fully saturated rings. The summed E-state index contributed by atoms with van der Waals surface area (Å²) in [4.78, 5) is 31.8. The molecule has 0 unspecified atom stereocenters. The fourth-order valence-corrected chi connectivity index (χ4v) is 5.28. The van der Waals surface area contributed by atoms with Gasteiger partial charge in [0, 0.05) is 57.3 Å². The lowest BCUT2D eigenvalue weighted by atomic mass is 9.94. The molecular weight excluding hydrogens is 348 g/mol. The van der Waals surface area contributed by atoms with Gasteiger partial charge >= 0.3 is 6.03 Å². The zero-order valence-electron chi connectivity index (χ0n) is 15.7. The van der Waals surface area contributed by atoms with Crippen LogP contribution >= 0.6 is 11.8 Å². The zero-order chi connectivity index (χ0) is 18.4. The van der Waals surface area contributed by atoms with E-state index in [0.717, 1.165) is 37.7 Å². The Balaban J connectivity index is 1.61. The quantitative estimate of drug-likeness (QED) is 0.737. The minimum atomic E-state index is -0.0265. The number of nitrogens with zero attached hydrogens (tertiary/aromatic N) is 3. The Morgan fingerprint density at radius 2 is 1.69 bits per heavy atom. The second kappa shape index (κ2) is 9.65. The summed E-state index contributed by atoms with van der Waals surface area (Å²) in [5, 5.41) is 2.85. The third-order valence-electron chi connectivity index (χ3n) is 5.81. The Labute approximate surface area is 161 Å². The van der Waals surface area contributed by atoms with Gasteiger partial charge in [-0.1, -0.05) is 18.9 Å². The second-order valence-electron chi connectivity index (χ2n) is 7.42. The summed E-state index contributed by atoms with van der Waals surface area (Å²) in [6, 6.07) is -0.0136. The minimum absolute atomic E-state index is 0.0130. The lowest BCUT2D eigenvalue weighted by Crippen LogP contribution is -2.60. The van der Waals surface area contributed by atoms with Crippen LogP contribution in [0.15, 0.2) is 12.7 Å². The fraction of sp³-hybridized carbons (Fsp3) is 0.789. The number of urea groups is 1. The number of amides is 3. The van der Waals surface area contributed by atoms with Gasteiger partial charge in [-0.05, 0) is 18.8 Å². The van der Waals surface area contributed by atoms with Crippen molar-refractivity contribution in [1.82, 2.24) is 20.0 Å². The van der Waals surface area contributed by atoms with E-state index in [9.17, 15) is 9.59 Å². The maximum Gasteiger partial charge on any atom is 0.317 e. The molecule has 0 radical (unpaired) electrons. The molecule has 0 aromatic rings. The molecule has 2 heterocycles. The predicted molar refractivity (Wildman–Crippen MR) is 106 cm³/mol. The van der Waals surface area contributed by atoms with Crippen molar-refractivity contribution >= 4 is 23.7 Å². The Hall–Kier alpha value is -1.21. The van der Waals surface area contributed by atoms with E-state index in [1.165, 1.54) is 25.7 Å². The van der Waals surface area contributed by atoms with Gasteiger partial charge in [-0.3, -0.25) is 9.69 Å². The van der Waals surface area contributed by atoms with E-state index in [2.05, 4.69) is 21.7 Å². The number of nitrogens with one attached hydrogen (secondary N) is 1. The largest absolute Gasteiger partial charge is 0.340 e. The molecule has 6 nitrogen and oxygen atoms in total. The lowest BCUT2D eigenvalue weighted by molar-refractivity contribution is -0.139. The molecule has 0 bridgehead atoms. The first kappa shape index (κ1) is 19.5. The van der Waals surface area contributed by atoms with Gasteiger partial charge < -0.3 is 15.1 Å². The van der Waals surface area contributed by atoms with E-state index in [1.54, 1.807) is 6.08 Å². The molecule has 1 saturated carbocycles. The van der Waals surface area contributed by atoms with Crippen molar-refractivity contribution in [2.75, 3.05) is 57.3 Å². The van der Waals surface area contributed by atoms with Crippen LogP contribution in [0, 0.1) is 5.92 Å². The molecule has 1 N–H and O–H groups in total. The first-order valence-corrected chi connectivity index (χ1v) is 11.1. The highest BCUT2D eigenvalue weighted by Crippen LogP contribution is 2.32. The molecule has 146 valence electrons. The van der Waals surface area contributed by atoms with E-state index in [1.807, 2.05) is 16.7 Å². The van der Waals surface area contributed by atoms with E-state index in [0.29, 0.717) is 31.5 Å². The molecule has 3 aliphatic rings. The summed E-state index contributed by atoms with van der Waals surface area (Å²) in [5.74, 6) is 2.93. The van der Waals surface area contributed by atoms with Gasteiger partial charge in [-0.15, -0.1) is 6.58 Å². The van der Waals surface area contributed by atoms with Crippen LogP contribution in [0.1, 0.15) is 25.7 Å². The Morgan fingerprint density at radius 3 is 2.31 bits per heavy atom. The number of rotatable bonds is 5. The highest BCUT2D eigenvalue weighted by molar-refractivity contribution is 7.99. The second-order valence-corrected chi connectivity index (χ2v) is 8.65. The molecule has 0 aromatic carbocycles. The zero-order valence-corrected chi connectivity index (χ0v) is 16.5. The molecule has 7 heteroatoms. The molecule has 0 aromatic heterocycles. The molecule has 2 saturated heterocycles. The standard InChI is InChI=1S/C19H32N4O2S/c1-2-7-20-19(25)23-10-8-21(9-11-23)17(16-5-3-4-6-16)18(24)22-12-14-26-15-13-22/h2,16-17H,1,3-15H2,(H,20,25)/t17-/m1/s1. The van der Waals surface area contributed by atoms with Crippen LogP contribution in [0.3, 0.4) is 0 Å². The monoisotopic (exact) mass is 380 g/mol. The Bertz CT molecular complexity index is 496. The van der Waals surface area contributed by atoms with Crippen molar-refractivity contribution in [2.24, 2.45) is 5.92 Å². The molecule has 2 aliphatic heterocycles. The minimum Gasteiger partial charge on any atom is -0.340 e. The van der Waals surface area contributed by atoms with E-state index in [4.69, 9.17) is 0 Å². The average Bonchev–Trinajstić information content (AvgIpc) is 3.21. The Morgan fingerprint density at radius 1 is 1.04 bits per heavy atom. The predicted octanol–water partition coefficient (Wildman–Crippen LogP) is 1.63. The number of hydrogen-bond acceptors (Lipinski definition) is 4. The van der Waals surface area contributed by atoms with Crippen LogP contribution in [-0.2, 0) is 4.79 Å². The van der Waals surface area contributed by atoms with Crippen LogP contribution < -0.4 is 5.32 Å². The van der Waals surface area contributed by atoms with E-state index >= 15 is 0 Å². The van der Waals surface area contributed by atoms with Crippen LogP contribution in [-0.4, -0.2) is 90.0 Å². The van der Waals surface area contributed by atoms with Crippen LogP contribution in [0.5, 0.6) is 0 Å². The first-order valence-electron chi connectivity index (χ1n) is 9.95. The third-order valence-corrected chi connectivity index (χ3v) is 6.76. The summed E-state index contributed by atoms with van der Waals surface area (Å²) in [5.41, 5.74) is 0. The Kier molecular flexibility index (Phi) is 7.25. The highest BCUT2D eigenvalue weighted by atomic mass is 32.2. The van der Waals surface area contributed by atoms with Gasteiger partial charge in [0.2, 0.25) is 5.91 Å². The summed E-state index contributed by atoms with van der Waals surface area (Å²) in [7, 11) is 0. The van der Waals surface area contributed by atoms with Gasteiger partial charge in [0.05, 0.1) is 6.04 Å². The highest BCUT2D eigenvalue weighted by Gasteiger charge is 2.39. The maximum absolute atomic E-state index is 13.3. The van der Waals surface area contributed by atoms with Crippen molar-refractivity contribution in [1.29, 1.82) is 0 Å². The topological polar surface area (TPSA) is 55.9 Å². The molecule has 0 spiro atoms. The van der Waals surface area contributed by atoms with Crippen LogP contribution in [0.4, 0.5) is 4.79 Å². The molecule has 1 aliphatic carbocycles. The first-order chi connectivity index (χ1) is 12.7. The van der Waals surface area contributed by atoms with Crippen molar-refractivity contribution in [3.05, 3.63) is 12.7 Å². The number of carbonyl (C=O) groups is 2. The van der Waals surface area contributed by atoms with Crippen LogP contribution in [0.25, 0.3) is 0 Å². The van der Waals surface area contributed by atoms with Gasteiger partial charge in [-0.2, -0.15) is 11.8 Å².